The number of piperidine rings is 1. The van der Waals surface area contributed by atoms with Gasteiger partial charge in [-0.3, -0.25) is 15.0 Å². The van der Waals surface area contributed by atoms with Crippen molar-refractivity contribution in [1.82, 2.24) is 25.8 Å². The first-order valence-corrected chi connectivity index (χ1v) is 12.0. The van der Waals surface area contributed by atoms with Crippen molar-refractivity contribution >= 4 is 23.8 Å². The Balaban J connectivity index is 1.53. The van der Waals surface area contributed by atoms with E-state index in [0.29, 0.717) is 31.8 Å². The van der Waals surface area contributed by atoms with Gasteiger partial charge in [-0.05, 0) is 31.6 Å². The van der Waals surface area contributed by atoms with Gasteiger partial charge in [0.2, 0.25) is 11.8 Å². The van der Waals surface area contributed by atoms with E-state index in [0.717, 1.165) is 25.7 Å². The van der Waals surface area contributed by atoms with Crippen LogP contribution in [0.1, 0.15) is 44.9 Å². The van der Waals surface area contributed by atoms with Gasteiger partial charge in [-0.2, -0.15) is 0 Å². The van der Waals surface area contributed by atoms with E-state index in [2.05, 4.69) is 16.0 Å². The first kappa shape index (κ1) is 25.8. The predicted molar refractivity (Wildman–Crippen MR) is 124 cm³/mol. The molecule has 0 aromatic carbocycles. The van der Waals surface area contributed by atoms with Gasteiger partial charge in [-0.1, -0.05) is 31.4 Å². The lowest BCUT2D eigenvalue weighted by Gasteiger charge is -2.39. The molecular weight excluding hydrogens is 442 g/mol. The SMILES string of the molecule is N=C(N)N1CCC[C@H](NC(=O)[C@@H]2C=CCN2C(=O)[C@@H](CO)NC(=O)NCC2CCCCC2)C1O. The van der Waals surface area contributed by atoms with Crippen LogP contribution in [0.2, 0.25) is 0 Å². The van der Waals surface area contributed by atoms with Crippen LogP contribution in [0.4, 0.5) is 4.79 Å². The van der Waals surface area contributed by atoms with Gasteiger partial charge in [0.05, 0.1) is 12.6 Å². The molecule has 1 aliphatic carbocycles. The predicted octanol–water partition coefficient (Wildman–Crippen LogP) is -1.21. The van der Waals surface area contributed by atoms with Gasteiger partial charge >= 0.3 is 6.03 Å². The molecule has 2 fully saturated rings. The lowest BCUT2D eigenvalue weighted by atomic mass is 9.89. The van der Waals surface area contributed by atoms with Gasteiger partial charge in [-0.15, -0.1) is 0 Å². The number of hydrogen-bond donors (Lipinski definition) is 7. The number of nitrogens with zero attached hydrogens (tertiary/aromatic N) is 2. The normalized spacial score (nSPS) is 26.1. The minimum Gasteiger partial charge on any atom is -0.394 e. The van der Waals surface area contributed by atoms with Crippen LogP contribution in [0.25, 0.3) is 0 Å². The van der Waals surface area contributed by atoms with Crippen LogP contribution in [0.5, 0.6) is 0 Å². The number of aliphatic hydroxyl groups excluding tert-OH is 2. The Labute approximate surface area is 199 Å². The Morgan fingerprint density at radius 2 is 1.85 bits per heavy atom. The van der Waals surface area contributed by atoms with Gasteiger partial charge in [0.15, 0.2) is 5.96 Å². The minimum atomic E-state index is -1.19. The molecule has 3 aliphatic rings. The van der Waals surface area contributed by atoms with Crippen molar-refractivity contribution in [2.45, 2.75) is 69.3 Å². The molecule has 190 valence electrons. The van der Waals surface area contributed by atoms with Crippen molar-refractivity contribution in [3.05, 3.63) is 12.2 Å². The zero-order chi connectivity index (χ0) is 24.7. The van der Waals surface area contributed by atoms with Crippen molar-refractivity contribution in [1.29, 1.82) is 5.41 Å². The number of nitrogens with two attached hydrogens (primary N) is 1. The molecule has 4 atom stereocenters. The van der Waals surface area contributed by atoms with Crippen molar-refractivity contribution in [3.8, 4) is 0 Å². The standard InChI is InChI=1S/C22H37N7O5/c23-21(24)29-11-4-8-15(19(29)32)26-18(31)17-9-5-10-28(17)20(33)16(13-30)27-22(34)25-12-14-6-2-1-3-7-14/h5,9,14-17,19,30,32H,1-4,6-8,10-13H2,(H3,23,24)(H,26,31)(H2,25,27,34)/t15-,16+,17-,19?/m0/s1. The second-order valence-corrected chi connectivity index (χ2v) is 9.21. The summed E-state index contributed by atoms with van der Waals surface area (Å²) in [6.45, 7) is 0.500. The van der Waals surface area contributed by atoms with Crippen molar-refractivity contribution in [2.75, 3.05) is 26.2 Å². The third-order valence-corrected chi connectivity index (χ3v) is 6.80. The zero-order valence-electron chi connectivity index (χ0n) is 19.4. The summed E-state index contributed by atoms with van der Waals surface area (Å²) in [7, 11) is 0. The topological polar surface area (TPSA) is 184 Å². The Kier molecular flexibility index (Phi) is 9.11. The highest BCUT2D eigenvalue weighted by molar-refractivity contribution is 5.94. The highest BCUT2D eigenvalue weighted by Gasteiger charge is 2.38. The first-order valence-electron chi connectivity index (χ1n) is 12.0. The second-order valence-electron chi connectivity index (χ2n) is 9.21. The Bertz CT molecular complexity index is 786. The molecule has 2 aliphatic heterocycles. The third-order valence-electron chi connectivity index (χ3n) is 6.80. The smallest absolute Gasteiger partial charge is 0.315 e. The monoisotopic (exact) mass is 479 g/mol. The number of carbonyl (C=O) groups is 3. The number of carbonyl (C=O) groups excluding carboxylic acids is 3. The van der Waals surface area contributed by atoms with Crippen LogP contribution >= 0.6 is 0 Å². The summed E-state index contributed by atoms with van der Waals surface area (Å²) < 4.78 is 0. The number of amides is 4. The van der Waals surface area contributed by atoms with Gasteiger partial charge in [-0.25, -0.2) is 4.79 Å². The van der Waals surface area contributed by atoms with Crippen LogP contribution < -0.4 is 21.7 Å². The highest BCUT2D eigenvalue weighted by atomic mass is 16.3. The van der Waals surface area contributed by atoms with E-state index >= 15 is 0 Å². The Hall–Kier alpha value is -2.86. The largest absolute Gasteiger partial charge is 0.394 e. The summed E-state index contributed by atoms with van der Waals surface area (Å²) in [6, 6.07) is -3.29. The summed E-state index contributed by atoms with van der Waals surface area (Å²) in [5.74, 6) is -0.916. The molecule has 0 radical (unpaired) electrons. The fraction of sp³-hybridized carbons (Fsp3) is 0.727. The summed E-state index contributed by atoms with van der Waals surface area (Å²) >= 11 is 0. The van der Waals surface area contributed by atoms with Crippen LogP contribution in [0.15, 0.2) is 12.2 Å². The van der Waals surface area contributed by atoms with Crippen LogP contribution in [0.3, 0.4) is 0 Å². The number of guanidine groups is 1. The van der Waals surface area contributed by atoms with E-state index < -0.39 is 48.8 Å². The maximum atomic E-state index is 13.0. The summed E-state index contributed by atoms with van der Waals surface area (Å²) in [5.41, 5.74) is 5.50. The number of nitrogens with one attached hydrogen (secondary N) is 4. The van der Waals surface area contributed by atoms with Crippen LogP contribution in [-0.2, 0) is 9.59 Å². The molecule has 8 N–H and O–H groups in total. The van der Waals surface area contributed by atoms with Crippen LogP contribution in [0, 0.1) is 11.3 Å². The Morgan fingerprint density at radius 3 is 2.53 bits per heavy atom. The van der Waals surface area contributed by atoms with E-state index in [1.165, 1.54) is 16.2 Å². The van der Waals surface area contributed by atoms with E-state index in [1.807, 2.05) is 0 Å². The molecule has 12 nitrogen and oxygen atoms in total. The molecule has 2 heterocycles. The number of likely N-dealkylation sites (tertiary alicyclic amines) is 1. The van der Waals surface area contributed by atoms with Crippen LogP contribution in [-0.4, -0.2) is 94.4 Å². The highest BCUT2D eigenvalue weighted by Crippen LogP contribution is 2.22. The number of urea groups is 1. The fourth-order valence-corrected chi connectivity index (χ4v) is 4.86. The van der Waals surface area contributed by atoms with Crippen molar-refractivity contribution in [2.24, 2.45) is 11.7 Å². The third kappa shape index (κ3) is 6.38. The first-order chi connectivity index (χ1) is 16.3. The Morgan fingerprint density at radius 1 is 1.12 bits per heavy atom. The number of rotatable bonds is 7. The van der Waals surface area contributed by atoms with E-state index in [4.69, 9.17) is 11.1 Å². The molecule has 0 aromatic heterocycles. The lowest BCUT2D eigenvalue weighted by Crippen LogP contribution is -2.61. The molecule has 4 amide bonds. The van der Waals surface area contributed by atoms with Gasteiger partial charge in [0, 0.05) is 19.6 Å². The molecule has 0 aromatic rings. The number of aliphatic hydroxyl groups is 2. The molecule has 0 spiro atoms. The maximum Gasteiger partial charge on any atom is 0.315 e. The summed E-state index contributed by atoms with van der Waals surface area (Å²) in [5, 5.41) is 35.8. The van der Waals surface area contributed by atoms with Gasteiger partial charge < -0.3 is 41.7 Å². The van der Waals surface area contributed by atoms with Crippen molar-refractivity contribution < 1.29 is 24.6 Å². The summed E-state index contributed by atoms with van der Waals surface area (Å²) in [6.07, 6.45) is 8.91. The second kappa shape index (κ2) is 12.0. The lowest BCUT2D eigenvalue weighted by molar-refractivity contribution is -0.140. The van der Waals surface area contributed by atoms with E-state index in [-0.39, 0.29) is 12.5 Å². The molecule has 12 heteroatoms. The van der Waals surface area contributed by atoms with E-state index in [1.54, 1.807) is 12.2 Å². The molecule has 34 heavy (non-hydrogen) atoms. The fourth-order valence-electron chi connectivity index (χ4n) is 4.86. The average molecular weight is 480 g/mol. The molecule has 0 bridgehead atoms. The van der Waals surface area contributed by atoms with Gasteiger partial charge in [0.25, 0.3) is 0 Å². The zero-order valence-corrected chi connectivity index (χ0v) is 19.4. The van der Waals surface area contributed by atoms with Gasteiger partial charge in [0.1, 0.15) is 18.3 Å². The molecule has 1 saturated carbocycles. The molecule has 1 unspecified atom stereocenters. The van der Waals surface area contributed by atoms with Crippen molar-refractivity contribution in [3.63, 3.8) is 0 Å². The molecule has 1 saturated heterocycles. The molecular formula is C22H37N7O5. The average Bonchev–Trinajstić information content (AvgIpc) is 3.33. The van der Waals surface area contributed by atoms with E-state index in [9.17, 15) is 24.6 Å². The minimum absolute atomic E-state index is 0.158. The summed E-state index contributed by atoms with van der Waals surface area (Å²) in [4.78, 5) is 40.9. The number of hydrogen-bond acceptors (Lipinski definition) is 6. The maximum absolute atomic E-state index is 13.0. The molecule has 3 rings (SSSR count). The quantitative estimate of drug-likeness (QED) is 0.136.